The molecule has 0 aliphatic carbocycles. The minimum Gasteiger partial charge on any atom is -0.366 e. The molecule has 0 bridgehead atoms. The average Bonchev–Trinajstić information content (AvgIpc) is 2.60. The number of non-ortho nitro benzene ring substituents is 1. The Kier molecular flexibility index (Phi) is 3.49. The zero-order chi connectivity index (χ0) is 17.6. The molecule has 3 heterocycles. The summed E-state index contributed by atoms with van der Waals surface area (Å²) in [5.41, 5.74) is 3.70. The number of para-hydroxylation sites is 1. The number of fused-ring (bicyclic) bond motifs is 2. The second-order valence-corrected chi connectivity index (χ2v) is 6.20. The van der Waals surface area contributed by atoms with E-state index in [2.05, 4.69) is 14.9 Å². The van der Waals surface area contributed by atoms with Crippen LogP contribution in [0, 0.1) is 17.0 Å². The second kappa shape index (κ2) is 5.70. The number of aromatic nitrogens is 2. The van der Waals surface area contributed by atoms with Crippen LogP contribution in [0.1, 0.15) is 16.8 Å². The number of aryl methyl sites for hydroxylation is 1. The second-order valence-electron chi connectivity index (χ2n) is 6.20. The number of aromatic amines is 1. The lowest BCUT2D eigenvalue weighted by molar-refractivity contribution is -0.383. The van der Waals surface area contributed by atoms with Crippen LogP contribution < -0.4 is 10.5 Å². The summed E-state index contributed by atoms with van der Waals surface area (Å²) in [5.74, 6) is 0. The first-order valence-electron chi connectivity index (χ1n) is 8.04. The fourth-order valence-electron chi connectivity index (χ4n) is 3.44. The number of rotatable bonds is 2. The van der Waals surface area contributed by atoms with Crippen molar-refractivity contribution in [3.63, 3.8) is 0 Å². The van der Waals surface area contributed by atoms with E-state index in [1.807, 2.05) is 25.1 Å². The molecular weight excluding hydrogens is 320 g/mol. The molecule has 25 heavy (non-hydrogen) atoms. The lowest BCUT2D eigenvalue weighted by Crippen LogP contribution is -2.34. The summed E-state index contributed by atoms with van der Waals surface area (Å²) < 4.78 is 0. The Labute approximate surface area is 143 Å². The Morgan fingerprint density at radius 2 is 2.16 bits per heavy atom. The van der Waals surface area contributed by atoms with Crippen LogP contribution in [0.3, 0.4) is 0 Å². The van der Waals surface area contributed by atoms with Crippen molar-refractivity contribution in [2.45, 2.75) is 19.9 Å². The molecule has 2 aromatic heterocycles. The van der Waals surface area contributed by atoms with Crippen LogP contribution in [0.5, 0.6) is 0 Å². The molecule has 7 heteroatoms. The molecule has 0 spiro atoms. The molecule has 0 saturated heterocycles. The van der Waals surface area contributed by atoms with Crippen LogP contribution in [0.15, 0.2) is 41.3 Å². The first-order chi connectivity index (χ1) is 12.0. The summed E-state index contributed by atoms with van der Waals surface area (Å²) in [4.78, 5) is 32.2. The molecule has 1 aromatic carbocycles. The highest BCUT2D eigenvalue weighted by atomic mass is 16.6. The van der Waals surface area contributed by atoms with Gasteiger partial charge in [-0.3, -0.25) is 14.9 Å². The number of nitro benzene ring substituents is 1. The standard InChI is InChI=1S/C18H16N4O3/c1-11-9-16(13-3-2-4-15(22(24)25)17(13)20-11)21-8-6-12-5-7-19-18(23)14(12)10-21/h2-5,7,9H,6,8,10H2,1H3,(H,19,23). The number of nitrogens with zero attached hydrogens (tertiary/aromatic N) is 3. The van der Waals surface area contributed by atoms with Gasteiger partial charge in [-0.05, 0) is 31.0 Å². The molecule has 1 aliphatic rings. The van der Waals surface area contributed by atoms with Gasteiger partial charge in [0.25, 0.3) is 11.2 Å². The van der Waals surface area contributed by atoms with E-state index in [9.17, 15) is 14.9 Å². The Morgan fingerprint density at radius 3 is 2.96 bits per heavy atom. The van der Waals surface area contributed by atoms with Crippen molar-refractivity contribution in [2.24, 2.45) is 0 Å². The van der Waals surface area contributed by atoms with Crippen molar-refractivity contribution >= 4 is 22.3 Å². The molecule has 126 valence electrons. The van der Waals surface area contributed by atoms with Crippen molar-refractivity contribution in [1.29, 1.82) is 0 Å². The predicted octanol–water partition coefficient (Wildman–Crippen LogP) is 2.70. The van der Waals surface area contributed by atoms with Crippen molar-refractivity contribution in [1.82, 2.24) is 9.97 Å². The molecule has 3 aromatic rings. The van der Waals surface area contributed by atoms with Crippen LogP contribution in [-0.4, -0.2) is 21.4 Å². The molecule has 0 unspecified atom stereocenters. The Balaban J connectivity index is 1.88. The highest BCUT2D eigenvalue weighted by Crippen LogP contribution is 2.33. The third kappa shape index (κ3) is 2.53. The minimum atomic E-state index is -0.408. The van der Waals surface area contributed by atoms with Crippen LogP contribution in [0.4, 0.5) is 11.4 Å². The van der Waals surface area contributed by atoms with Crippen LogP contribution in [-0.2, 0) is 13.0 Å². The SMILES string of the molecule is Cc1cc(N2CCc3cc[nH]c(=O)c3C2)c2cccc([N+](=O)[O-])c2n1. The zero-order valence-electron chi connectivity index (χ0n) is 13.7. The number of pyridine rings is 2. The van der Waals surface area contributed by atoms with E-state index in [1.54, 1.807) is 12.3 Å². The van der Waals surface area contributed by atoms with E-state index in [0.717, 1.165) is 35.2 Å². The highest BCUT2D eigenvalue weighted by Gasteiger charge is 2.23. The van der Waals surface area contributed by atoms with E-state index in [0.29, 0.717) is 17.8 Å². The molecule has 0 fully saturated rings. The normalized spacial score (nSPS) is 13.7. The highest BCUT2D eigenvalue weighted by molar-refractivity contribution is 5.97. The van der Waals surface area contributed by atoms with Gasteiger partial charge in [-0.25, -0.2) is 4.98 Å². The van der Waals surface area contributed by atoms with Crippen LogP contribution in [0.2, 0.25) is 0 Å². The number of benzene rings is 1. The topological polar surface area (TPSA) is 92.1 Å². The van der Waals surface area contributed by atoms with Gasteiger partial charge in [0.1, 0.15) is 0 Å². The Morgan fingerprint density at radius 1 is 1.32 bits per heavy atom. The first kappa shape index (κ1) is 15.3. The van der Waals surface area contributed by atoms with Gasteiger partial charge in [0.05, 0.1) is 4.92 Å². The monoisotopic (exact) mass is 336 g/mol. The number of H-pyrrole nitrogens is 1. The maximum atomic E-state index is 12.1. The fourth-order valence-corrected chi connectivity index (χ4v) is 3.44. The number of nitrogens with one attached hydrogen (secondary N) is 1. The van der Waals surface area contributed by atoms with Crippen molar-refractivity contribution < 1.29 is 4.92 Å². The van der Waals surface area contributed by atoms with Gasteiger partial charge in [0, 0.05) is 47.7 Å². The van der Waals surface area contributed by atoms with Gasteiger partial charge in [-0.1, -0.05) is 12.1 Å². The van der Waals surface area contributed by atoms with Crippen molar-refractivity contribution in [2.75, 3.05) is 11.4 Å². The van der Waals surface area contributed by atoms with E-state index >= 15 is 0 Å². The van der Waals surface area contributed by atoms with E-state index in [4.69, 9.17) is 0 Å². The third-order valence-corrected chi connectivity index (χ3v) is 4.62. The Bertz CT molecular complexity index is 1060. The van der Waals surface area contributed by atoms with E-state index < -0.39 is 4.92 Å². The average molecular weight is 336 g/mol. The summed E-state index contributed by atoms with van der Waals surface area (Å²) in [7, 11) is 0. The fraction of sp³-hybridized carbons (Fsp3) is 0.222. The van der Waals surface area contributed by atoms with E-state index in [1.165, 1.54) is 6.07 Å². The number of anilines is 1. The molecule has 0 amide bonds. The van der Waals surface area contributed by atoms with Gasteiger partial charge in [-0.2, -0.15) is 0 Å². The van der Waals surface area contributed by atoms with Gasteiger partial charge in [0.2, 0.25) is 0 Å². The summed E-state index contributed by atoms with van der Waals surface area (Å²) in [6.45, 7) is 3.05. The van der Waals surface area contributed by atoms with Gasteiger partial charge in [0.15, 0.2) is 5.52 Å². The van der Waals surface area contributed by atoms with Crippen LogP contribution in [0.25, 0.3) is 10.9 Å². The summed E-state index contributed by atoms with van der Waals surface area (Å²) in [6.07, 6.45) is 2.43. The van der Waals surface area contributed by atoms with Gasteiger partial charge < -0.3 is 9.88 Å². The van der Waals surface area contributed by atoms with Gasteiger partial charge >= 0.3 is 0 Å². The molecule has 1 N–H and O–H groups in total. The molecule has 0 atom stereocenters. The lowest BCUT2D eigenvalue weighted by Gasteiger charge is -2.31. The molecule has 0 saturated carbocycles. The smallest absolute Gasteiger partial charge is 0.295 e. The van der Waals surface area contributed by atoms with E-state index in [-0.39, 0.29) is 11.2 Å². The first-order valence-corrected chi connectivity index (χ1v) is 8.04. The third-order valence-electron chi connectivity index (χ3n) is 4.62. The van der Waals surface area contributed by atoms with Gasteiger partial charge in [-0.15, -0.1) is 0 Å². The summed E-state index contributed by atoms with van der Waals surface area (Å²) in [6, 6.07) is 8.85. The molecule has 7 nitrogen and oxygen atoms in total. The number of hydrogen-bond acceptors (Lipinski definition) is 5. The Hall–Kier alpha value is -3.22. The van der Waals surface area contributed by atoms with Crippen LogP contribution >= 0.6 is 0 Å². The summed E-state index contributed by atoms with van der Waals surface area (Å²) >= 11 is 0. The zero-order valence-corrected chi connectivity index (χ0v) is 13.7. The number of hydrogen-bond donors (Lipinski definition) is 1. The molecular formula is C18H16N4O3. The lowest BCUT2D eigenvalue weighted by atomic mass is 10.0. The molecule has 0 radical (unpaired) electrons. The quantitative estimate of drug-likeness (QED) is 0.574. The molecule has 1 aliphatic heterocycles. The maximum Gasteiger partial charge on any atom is 0.295 e. The summed E-state index contributed by atoms with van der Waals surface area (Å²) in [5, 5.41) is 12.1. The van der Waals surface area contributed by atoms with Crippen molar-refractivity contribution in [3.8, 4) is 0 Å². The predicted molar refractivity (Wildman–Crippen MR) is 95.0 cm³/mol. The maximum absolute atomic E-state index is 12.1. The van der Waals surface area contributed by atoms with Crippen molar-refractivity contribution in [3.05, 3.63) is 73.8 Å². The molecule has 4 rings (SSSR count). The minimum absolute atomic E-state index is 0.00212. The number of nitro groups is 1. The largest absolute Gasteiger partial charge is 0.366 e.